The summed E-state index contributed by atoms with van der Waals surface area (Å²) in [4.78, 5) is 21.8. The van der Waals surface area contributed by atoms with Crippen LogP contribution in [-0.2, 0) is 4.79 Å². The summed E-state index contributed by atoms with van der Waals surface area (Å²) in [6.07, 6.45) is 0.752. The Kier molecular flexibility index (Phi) is 3.19. The number of carbonyl (C=O) groups excluding carboxylic acids is 1. The Morgan fingerprint density at radius 2 is 2.12 bits per heavy atom. The van der Waals surface area contributed by atoms with E-state index in [1.165, 1.54) is 12.1 Å². The minimum absolute atomic E-state index is 0.00403. The molecule has 1 aromatic carbocycles. The maximum atomic E-state index is 11.5. The van der Waals surface area contributed by atoms with Crippen LogP contribution in [0.25, 0.3) is 0 Å². The van der Waals surface area contributed by atoms with Crippen LogP contribution in [0.15, 0.2) is 24.3 Å². The van der Waals surface area contributed by atoms with E-state index in [2.05, 4.69) is 0 Å². The molecule has 1 N–H and O–H groups in total. The van der Waals surface area contributed by atoms with Crippen LogP contribution in [0.5, 0.6) is 0 Å². The van der Waals surface area contributed by atoms with E-state index in [1.54, 1.807) is 12.1 Å². The molecule has 2 atom stereocenters. The van der Waals surface area contributed by atoms with Gasteiger partial charge in [0.05, 0.1) is 16.6 Å². The summed E-state index contributed by atoms with van der Waals surface area (Å²) in [5, 5.41) is 20.9. The summed E-state index contributed by atoms with van der Waals surface area (Å²) in [5.41, 5.74) is 0.109. The summed E-state index contributed by atoms with van der Waals surface area (Å²) in [7, 11) is 0. The SMILES string of the molecule is O=C1CCCC1C(O)c1ccccc1[N+](=O)[O-]. The monoisotopic (exact) mass is 235 g/mol. The normalized spacial score (nSPS) is 21.5. The first kappa shape index (κ1) is 11.7. The molecule has 0 saturated heterocycles. The lowest BCUT2D eigenvalue weighted by molar-refractivity contribution is -0.386. The number of ketones is 1. The van der Waals surface area contributed by atoms with Crippen molar-refractivity contribution < 1.29 is 14.8 Å². The summed E-state index contributed by atoms with van der Waals surface area (Å²) in [6, 6.07) is 6.03. The van der Waals surface area contributed by atoms with Gasteiger partial charge in [0.15, 0.2) is 0 Å². The number of para-hydroxylation sites is 1. The fourth-order valence-electron chi connectivity index (χ4n) is 2.30. The van der Waals surface area contributed by atoms with Gasteiger partial charge >= 0.3 is 0 Å². The molecule has 0 radical (unpaired) electrons. The molecule has 90 valence electrons. The van der Waals surface area contributed by atoms with Crippen LogP contribution in [0.4, 0.5) is 5.69 Å². The zero-order chi connectivity index (χ0) is 12.4. The molecule has 1 fully saturated rings. The van der Waals surface area contributed by atoms with Gasteiger partial charge in [-0.1, -0.05) is 12.1 Å². The fraction of sp³-hybridized carbons (Fsp3) is 0.417. The predicted octanol–water partition coefficient (Wildman–Crippen LogP) is 2.00. The van der Waals surface area contributed by atoms with Crippen molar-refractivity contribution in [3.63, 3.8) is 0 Å². The van der Waals surface area contributed by atoms with E-state index in [0.717, 1.165) is 6.42 Å². The lowest BCUT2D eigenvalue weighted by Gasteiger charge is -2.16. The second-order valence-electron chi connectivity index (χ2n) is 4.23. The lowest BCUT2D eigenvalue weighted by atomic mass is 9.93. The van der Waals surface area contributed by atoms with Crippen molar-refractivity contribution in [2.45, 2.75) is 25.4 Å². The minimum Gasteiger partial charge on any atom is -0.387 e. The Hall–Kier alpha value is -1.75. The molecule has 2 rings (SSSR count). The smallest absolute Gasteiger partial charge is 0.275 e. The second-order valence-corrected chi connectivity index (χ2v) is 4.23. The van der Waals surface area contributed by atoms with Gasteiger partial charge in [0.1, 0.15) is 5.78 Å². The van der Waals surface area contributed by atoms with E-state index >= 15 is 0 Å². The van der Waals surface area contributed by atoms with Crippen LogP contribution >= 0.6 is 0 Å². The first-order chi connectivity index (χ1) is 8.11. The molecular formula is C12H13NO4. The number of hydrogen-bond acceptors (Lipinski definition) is 4. The molecule has 5 nitrogen and oxygen atoms in total. The van der Waals surface area contributed by atoms with E-state index in [1.807, 2.05) is 0 Å². The highest BCUT2D eigenvalue weighted by Crippen LogP contribution is 2.36. The Balaban J connectivity index is 2.33. The van der Waals surface area contributed by atoms with Gasteiger partial charge in [-0.05, 0) is 18.9 Å². The fourth-order valence-corrected chi connectivity index (χ4v) is 2.30. The zero-order valence-corrected chi connectivity index (χ0v) is 9.20. The minimum atomic E-state index is -1.06. The van der Waals surface area contributed by atoms with Crippen LogP contribution in [0.3, 0.4) is 0 Å². The number of Topliss-reactive ketones (excluding diaryl/α,β-unsaturated/α-hetero) is 1. The van der Waals surface area contributed by atoms with Crippen molar-refractivity contribution in [2.24, 2.45) is 5.92 Å². The Labute approximate surface area is 98.2 Å². The quantitative estimate of drug-likeness (QED) is 0.641. The molecule has 0 aromatic heterocycles. The number of hydrogen-bond donors (Lipinski definition) is 1. The molecule has 1 aliphatic rings. The number of aliphatic hydroxyl groups excluding tert-OH is 1. The second kappa shape index (κ2) is 4.63. The van der Waals surface area contributed by atoms with Crippen LogP contribution < -0.4 is 0 Å². The first-order valence-electron chi connectivity index (χ1n) is 5.55. The third-order valence-electron chi connectivity index (χ3n) is 3.19. The van der Waals surface area contributed by atoms with Crippen LogP contribution in [0, 0.1) is 16.0 Å². The number of carbonyl (C=O) groups is 1. The maximum absolute atomic E-state index is 11.5. The van der Waals surface area contributed by atoms with E-state index in [0.29, 0.717) is 12.8 Å². The number of aliphatic hydroxyl groups is 1. The van der Waals surface area contributed by atoms with E-state index in [4.69, 9.17) is 0 Å². The Bertz CT molecular complexity index is 458. The molecule has 0 amide bonds. The molecule has 2 unspecified atom stereocenters. The molecule has 1 saturated carbocycles. The van der Waals surface area contributed by atoms with Gasteiger partial charge in [-0.3, -0.25) is 14.9 Å². The highest BCUT2D eigenvalue weighted by atomic mass is 16.6. The number of nitro benzene ring substituents is 1. The molecule has 1 aromatic rings. The van der Waals surface area contributed by atoms with Crippen molar-refractivity contribution in [1.82, 2.24) is 0 Å². The van der Waals surface area contributed by atoms with Gasteiger partial charge < -0.3 is 5.11 Å². The number of rotatable bonds is 3. The summed E-state index contributed by atoms with van der Waals surface area (Å²) >= 11 is 0. The third-order valence-corrected chi connectivity index (χ3v) is 3.19. The van der Waals surface area contributed by atoms with Gasteiger partial charge in [0.25, 0.3) is 5.69 Å². The van der Waals surface area contributed by atoms with Crippen molar-refractivity contribution in [2.75, 3.05) is 0 Å². The number of benzene rings is 1. The zero-order valence-electron chi connectivity index (χ0n) is 9.20. The standard InChI is InChI=1S/C12H13NO4/c14-11-7-3-5-9(11)12(15)8-4-1-2-6-10(8)13(16)17/h1-2,4,6,9,12,15H,3,5,7H2. The van der Waals surface area contributed by atoms with Crippen molar-refractivity contribution in [3.8, 4) is 0 Å². The lowest BCUT2D eigenvalue weighted by Crippen LogP contribution is -2.17. The average molecular weight is 235 g/mol. The molecule has 0 bridgehead atoms. The maximum Gasteiger partial charge on any atom is 0.275 e. The van der Waals surface area contributed by atoms with Gasteiger partial charge in [-0.15, -0.1) is 0 Å². The summed E-state index contributed by atoms with van der Waals surface area (Å²) in [5.74, 6) is -0.494. The van der Waals surface area contributed by atoms with Crippen LogP contribution in [-0.4, -0.2) is 15.8 Å². The third kappa shape index (κ3) is 2.19. The molecule has 17 heavy (non-hydrogen) atoms. The highest BCUT2D eigenvalue weighted by molar-refractivity contribution is 5.83. The van der Waals surface area contributed by atoms with Gasteiger partial charge in [0.2, 0.25) is 0 Å². The summed E-state index contributed by atoms with van der Waals surface area (Å²) in [6.45, 7) is 0. The highest BCUT2D eigenvalue weighted by Gasteiger charge is 2.34. The predicted molar refractivity (Wildman–Crippen MR) is 60.4 cm³/mol. The van der Waals surface area contributed by atoms with E-state index in [-0.39, 0.29) is 17.0 Å². The Morgan fingerprint density at radius 1 is 1.41 bits per heavy atom. The number of nitro groups is 1. The molecule has 0 heterocycles. The van der Waals surface area contributed by atoms with Crippen molar-refractivity contribution in [1.29, 1.82) is 0 Å². The Morgan fingerprint density at radius 3 is 2.71 bits per heavy atom. The number of nitrogens with zero attached hydrogens (tertiary/aromatic N) is 1. The first-order valence-corrected chi connectivity index (χ1v) is 5.55. The van der Waals surface area contributed by atoms with Crippen molar-refractivity contribution >= 4 is 11.5 Å². The van der Waals surface area contributed by atoms with Gasteiger partial charge in [-0.2, -0.15) is 0 Å². The molecular weight excluding hydrogens is 222 g/mol. The summed E-state index contributed by atoms with van der Waals surface area (Å²) < 4.78 is 0. The molecule has 5 heteroatoms. The molecule has 1 aliphatic carbocycles. The topological polar surface area (TPSA) is 80.4 Å². The largest absolute Gasteiger partial charge is 0.387 e. The van der Waals surface area contributed by atoms with Crippen LogP contribution in [0.1, 0.15) is 30.9 Å². The van der Waals surface area contributed by atoms with Gasteiger partial charge in [0, 0.05) is 18.4 Å². The van der Waals surface area contributed by atoms with Crippen LogP contribution in [0.2, 0.25) is 0 Å². The van der Waals surface area contributed by atoms with Crippen molar-refractivity contribution in [3.05, 3.63) is 39.9 Å². The van der Waals surface area contributed by atoms with E-state index < -0.39 is 16.9 Å². The molecule has 0 spiro atoms. The van der Waals surface area contributed by atoms with E-state index in [9.17, 15) is 20.0 Å². The van der Waals surface area contributed by atoms with Gasteiger partial charge in [-0.25, -0.2) is 0 Å². The molecule has 0 aliphatic heterocycles. The average Bonchev–Trinajstić information content (AvgIpc) is 2.74.